The number of carbonyl (C=O) groups is 2. The molecule has 2 aliphatic heterocycles. The van der Waals surface area contributed by atoms with E-state index in [0.717, 1.165) is 35.9 Å². The summed E-state index contributed by atoms with van der Waals surface area (Å²) in [5, 5.41) is 6.57. The van der Waals surface area contributed by atoms with Crippen LogP contribution in [0, 0.1) is 25.7 Å². The molecule has 2 amide bonds. The highest BCUT2D eigenvalue weighted by Gasteiger charge is 2.33. The molecule has 2 saturated heterocycles. The summed E-state index contributed by atoms with van der Waals surface area (Å²) in [5.41, 5.74) is 7.04. The van der Waals surface area contributed by atoms with E-state index in [4.69, 9.17) is 0 Å². The average Bonchev–Trinajstić information content (AvgIpc) is 3.21. The standard InChI is InChI=1S/C28H38N4O2/c1-5-31-18-23(16-26(31)33)28(34)29-17-22-6-8-24(9-7-22)30-27-20(3)14-25(15-21(27)4)32-12-10-19(2)11-13-32/h6-9,14-15,19,23,30H,5,10-13,16-18H2,1-4H3,(H,29,34). The number of nitrogens with one attached hydrogen (secondary N) is 2. The van der Waals surface area contributed by atoms with Crippen molar-refractivity contribution in [2.75, 3.05) is 36.4 Å². The maximum absolute atomic E-state index is 12.5. The van der Waals surface area contributed by atoms with Crippen LogP contribution in [0.3, 0.4) is 0 Å². The first-order chi connectivity index (χ1) is 16.3. The number of aryl methyl sites for hydroxylation is 2. The highest BCUT2D eigenvalue weighted by molar-refractivity contribution is 5.89. The summed E-state index contributed by atoms with van der Waals surface area (Å²) in [6.07, 6.45) is 2.85. The number of amides is 2. The summed E-state index contributed by atoms with van der Waals surface area (Å²) in [5.74, 6) is 0.618. The number of benzene rings is 2. The van der Waals surface area contributed by atoms with Gasteiger partial charge in [-0.05, 0) is 80.5 Å². The molecule has 2 fully saturated rings. The Balaban J connectivity index is 1.33. The lowest BCUT2D eigenvalue weighted by Gasteiger charge is -2.33. The second-order valence-electron chi connectivity index (χ2n) is 10.00. The van der Waals surface area contributed by atoms with Crippen molar-refractivity contribution >= 4 is 28.9 Å². The van der Waals surface area contributed by atoms with Crippen LogP contribution in [0.2, 0.25) is 0 Å². The average molecular weight is 463 g/mol. The SMILES string of the molecule is CCN1CC(C(=O)NCc2ccc(Nc3c(C)cc(N4CCC(C)CC4)cc3C)cc2)CC1=O. The van der Waals surface area contributed by atoms with Crippen molar-refractivity contribution in [1.82, 2.24) is 10.2 Å². The van der Waals surface area contributed by atoms with Gasteiger partial charge in [-0.25, -0.2) is 0 Å². The molecule has 2 aromatic carbocycles. The fourth-order valence-corrected chi connectivity index (χ4v) is 5.02. The van der Waals surface area contributed by atoms with Gasteiger partial charge in [0.15, 0.2) is 0 Å². The van der Waals surface area contributed by atoms with Crippen molar-refractivity contribution in [3.05, 3.63) is 53.1 Å². The predicted octanol–water partition coefficient (Wildman–Crippen LogP) is 4.77. The molecule has 1 atom stereocenters. The third-order valence-corrected chi connectivity index (χ3v) is 7.32. The molecule has 2 heterocycles. The monoisotopic (exact) mass is 462 g/mol. The molecule has 182 valence electrons. The molecule has 0 bridgehead atoms. The van der Waals surface area contributed by atoms with E-state index in [1.54, 1.807) is 4.90 Å². The van der Waals surface area contributed by atoms with Gasteiger partial charge < -0.3 is 20.4 Å². The summed E-state index contributed by atoms with van der Waals surface area (Å²) in [7, 11) is 0. The summed E-state index contributed by atoms with van der Waals surface area (Å²) in [4.78, 5) is 28.6. The van der Waals surface area contributed by atoms with Gasteiger partial charge in [-0.1, -0.05) is 19.1 Å². The van der Waals surface area contributed by atoms with Crippen molar-refractivity contribution in [2.45, 2.75) is 53.5 Å². The van der Waals surface area contributed by atoms with Crippen LogP contribution >= 0.6 is 0 Å². The number of piperidine rings is 1. The molecular formula is C28H38N4O2. The smallest absolute Gasteiger partial charge is 0.225 e. The third-order valence-electron chi connectivity index (χ3n) is 7.32. The van der Waals surface area contributed by atoms with Crippen molar-refractivity contribution in [3.63, 3.8) is 0 Å². The van der Waals surface area contributed by atoms with Crippen LogP contribution in [-0.4, -0.2) is 42.9 Å². The van der Waals surface area contributed by atoms with Crippen LogP contribution in [0.15, 0.2) is 36.4 Å². The molecule has 6 nitrogen and oxygen atoms in total. The van der Waals surface area contributed by atoms with Crippen LogP contribution in [0.1, 0.15) is 49.8 Å². The Labute approximate surface area is 203 Å². The molecule has 2 aliphatic rings. The number of nitrogens with zero attached hydrogens (tertiary/aromatic N) is 2. The van der Waals surface area contributed by atoms with Gasteiger partial charge in [-0.2, -0.15) is 0 Å². The van der Waals surface area contributed by atoms with Crippen molar-refractivity contribution < 1.29 is 9.59 Å². The minimum Gasteiger partial charge on any atom is -0.371 e. The first-order valence-electron chi connectivity index (χ1n) is 12.6. The zero-order valence-corrected chi connectivity index (χ0v) is 21.0. The van der Waals surface area contributed by atoms with Crippen molar-refractivity contribution in [1.29, 1.82) is 0 Å². The topological polar surface area (TPSA) is 64.7 Å². The Morgan fingerprint density at radius 2 is 1.71 bits per heavy atom. The summed E-state index contributed by atoms with van der Waals surface area (Å²) >= 11 is 0. The van der Waals surface area contributed by atoms with Crippen LogP contribution in [0.25, 0.3) is 0 Å². The number of likely N-dealkylation sites (tertiary alicyclic amines) is 1. The number of rotatable bonds is 7. The first-order valence-corrected chi connectivity index (χ1v) is 12.6. The molecular weight excluding hydrogens is 424 g/mol. The first kappa shape index (κ1) is 24.1. The van der Waals surface area contributed by atoms with Gasteiger partial charge in [0.05, 0.1) is 5.92 Å². The fraction of sp³-hybridized carbons (Fsp3) is 0.500. The Morgan fingerprint density at radius 1 is 1.06 bits per heavy atom. The van der Waals surface area contributed by atoms with E-state index in [2.05, 4.69) is 60.6 Å². The van der Waals surface area contributed by atoms with Gasteiger partial charge in [-0.3, -0.25) is 9.59 Å². The molecule has 4 rings (SSSR count). The molecule has 2 N–H and O–H groups in total. The lowest BCUT2D eigenvalue weighted by atomic mass is 9.98. The van der Waals surface area contributed by atoms with Crippen molar-refractivity contribution in [3.8, 4) is 0 Å². The van der Waals surface area contributed by atoms with Gasteiger partial charge in [0.2, 0.25) is 11.8 Å². The molecule has 1 unspecified atom stereocenters. The largest absolute Gasteiger partial charge is 0.371 e. The number of anilines is 3. The Kier molecular flexibility index (Phi) is 7.44. The minimum atomic E-state index is -0.240. The Hall–Kier alpha value is -3.02. The summed E-state index contributed by atoms with van der Waals surface area (Å²) < 4.78 is 0. The normalized spacial score (nSPS) is 18.9. The van der Waals surface area contributed by atoms with Gasteiger partial charge in [-0.15, -0.1) is 0 Å². The van der Waals surface area contributed by atoms with Crippen molar-refractivity contribution in [2.24, 2.45) is 11.8 Å². The van der Waals surface area contributed by atoms with Crippen LogP contribution in [0.4, 0.5) is 17.1 Å². The van der Waals surface area contributed by atoms with E-state index in [1.165, 1.54) is 29.7 Å². The van der Waals surface area contributed by atoms with Gasteiger partial charge in [0, 0.05) is 56.2 Å². The van der Waals surface area contributed by atoms with E-state index in [-0.39, 0.29) is 17.7 Å². The Bertz CT molecular complexity index is 1000. The molecule has 2 aromatic rings. The Morgan fingerprint density at radius 3 is 2.29 bits per heavy atom. The lowest BCUT2D eigenvalue weighted by molar-refractivity contribution is -0.128. The zero-order chi connectivity index (χ0) is 24.2. The lowest BCUT2D eigenvalue weighted by Crippen LogP contribution is -2.32. The summed E-state index contributed by atoms with van der Waals surface area (Å²) in [6.45, 7) is 12.6. The maximum atomic E-state index is 12.5. The molecule has 0 spiro atoms. The highest BCUT2D eigenvalue weighted by Crippen LogP contribution is 2.31. The maximum Gasteiger partial charge on any atom is 0.225 e. The van der Waals surface area contributed by atoms with Gasteiger partial charge in [0.25, 0.3) is 0 Å². The molecule has 0 saturated carbocycles. The summed E-state index contributed by atoms with van der Waals surface area (Å²) in [6, 6.07) is 12.8. The van der Waals surface area contributed by atoms with E-state index >= 15 is 0 Å². The van der Waals surface area contributed by atoms with Crippen LogP contribution < -0.4 is 15.5 Å². The van der Waals surface area contributed by atoms with Crippen LogP contribution in [-0.2, 0) is 16.1 Å². The minimum absolute atomic E-state index is 0.0407. The van der Waals surface area contributed by atoms with E-state index < -0.39 is 0 Å². The van der Waals surface area contributed by atoms with Gasteiger partial charge >= 0.3 is 0 Å². The second-order valence-corrected chi connectivity index (χ2v) is 10.00. The number of carbonyl (C=O) groups excluding carboxylic acids is 2. The van der Waals surface area contributed by atoms with E-state index in [1.807, 2.05) is 19.1 Å². The predicted molar refractivity (Wildman–Crippen MR) is 138 cm³/mol. The number of hydrogen-bond acceptors (Lipinski definition) is 4. The third kappa shape index (κ3) is 5.54. The molecule has 6 heteroatoms. The fourth-order valence-electron chi connectivity index (χ4n) is 5.02. The second kappa shape index (κ2) is 10.5. The molecule has 0 aromatic heterocycles. The molecule has 34 heavy (non-hydrogen) atoms. The van der Waals surface area contributed by atoms with Crippen LogP contribution in [0.5, 0.6) is 0 Å². The quantitative estimate of drug-likeness (QED) is 0.622. The molecule has 0 aliphatic carbocycles. The number of hydrogen-bond donors (Lipinski definition) is 2. The van der Waals surface area contributed by atoms with Gasteiger partial charge in [0.1, 0.15) is 0 Å². The van der Waals surface area contributed by atoms with E-state index in [0.29, 0.717) is 26.1 Å². The molecule has 0 radical (unpaired) electrons. The highest BCUT2D eigenvalue weighted by atomic mass is 16.2. The van der Waals surface area contributed by atoms with E-state index in [9.17, 15) is 9.59 Å². The zero-order valence-electron chi connectivity index (χ0n) is 21.0.